The molecule has 12 aromatic carbocycles. The maximum absolute atomic E-state index is 17.4. The van der Waals surface area contributed by atoms with E-state index in [4.69, 9.17) is 0 Å². The van der Waals surface area contributed by atoms with Crippen molar-refractivity contribution in [2.45, 2.75) is 0 Å². The molecule has 0 radical (unpaired) electrons. The number of fused-ring (bicyclic) bond motifs is 6. The molecule has 0 saturated carbocycles. The van der Waals surface area contributed by atoms with E-state index in [1.54, 1.807) is 0 Å². The lowest BCUT2D eigenvalue weighted by molar-refractivity contribution is 0.592. The number of rotatable bonds is 7. The second kappa shape index (κ2) is 15.3. The lowest BCUT2D eigenvalue weighted by Gasteiger charge is -2.29. The van der Waals surface area contributed by atoms with Gasteiger partial charge in [-0.25, -0.2) is 0 Å². The largest absolute Gasteiger partial charge is 0.309 e. The summed E-state index contributed by atoms with van der Waals surface area (Å²) in [7, 11) is -4.78. The van der Waals surface area contributed by atoms with Crippen LogP contribution < -0.4 is 31.8 Å². The molecule has 0 aliphatic rings. The van der Waals surface area contributed by atoms with Gasteiger partial charge >= 0.3 is 0 Å². The second-order valence-electron chi connectivity index (χ2n) is 16.4. The molecule has 3 heteroatoms. The Bertz CT molecular complexity index is 3650. The van der Waals surface area contributed by atoms with Crippen LogP contribution in [0.1, 0.15) is 0 Å². The van der Waals surface area contributed by atoms with Crippen molar-refractivity contribution >= 4 is 112 Å². The predicted octanol–water partition coefficient (Wildman–Crippen LogP) is 13.7. The normalized spacial score (nSPS) is 12.0. The molecule has 12 aromatic rings. The number of benzene rings is 12. The minimum absolute atomic E-state index is 0.820. The highest BCUT2D eigenvalue weighted by Gasteiger charge is 2.36. The van der Waals surface area contributed by atoms with Crippen LogP contribution in [-0.2, 0) is 4.57 Å². The van der Waals surface area contributed by atoms with Gasteiger partial charge in [0.2, 0.25) is 0 Å². The highest BCUT2D eigenvalue weighted by Crippen LogP contribution is 2.50. The van der Waals surface area contributed by atoms with E-state index in [0.29, 0.717) is 0 Å². The zero-order valence-corrected chi connectivity index (χ0v) is 36.2. The molecule has 0 aliphatic carbocycles. The Balaban J connectivity index is 1.23. The molecule has 0 bridgehead atoms. The lowest BCUT2D eigenvalue weighted by Crippen LogP contribution is -2.28. The van der Waals surface area contributed by atoms with E-state index >= 15 is 4.57 Å². The van der Waals surface area contributed by atoms with Gasteiger partial charge in [0.05, 0.1) is 0 Å². The molecule has 0 heterocycles. The Kier molecular flexibility index (Phi) is 9.16. The third kappa shape index (κ3) is 6.39. The highest BCUT2D eigenvalue weighted by atomic mass is 31.2. The molecule has 1 nitrogen and oxygen atoms in total. The van der Waals surface area contributed by atoms with Crippen molar-refractivity contribution in [3.8, 4) is 11.1 Å². The van der Waals surface area contributed by atoms with Crippen LogP contribution in [0.15, 0.2) is 243 Å². The molecular formula is C60H40OP2. The highest BCUT2D eigenvalue weighted by molar-refractivity contribution is 7.85. The van der Waals surface area contributed by atoms with Gasteiger partial charge in [0.25, 0.3) is 0 Å². The zero-order valence-electron chi connectivity index (χ0n) is 34.4. The molecule has 12 rings (SSSR count). The van der Waals surface area contributed by atoms with Crippen molar-refractivity contribution in [3.63, 3.8) is 0 Å². The second-order valence-corrected chi connectivity index (χ2v) is 21.4. The van der Waals surface area contributed by atoms with E-state index in [0.717, 1.165) is 70.1 Å². The molecule has 0 amide bonds. The van der Waals surface area contributed by atoms with Crippen LogP contribution in [-0.4, -0.2) is 0 Å². The Morgan fingerprint density at radius 1 is 0.286 bits per heavy atom. The molecule has 0 unspecified atom stereocenters. The predicted molar refractivity (Wildman–Crippen MR) is 275 cm³/mol. The fourth-order valence-corrected chi connectivity index (χ4v) is 15.1. The molecular weight excluding hydrogens is 799 g/mol. The summed E-state index contributed by atoms with van der Waals surface area (Å²) in [6.45, 7) is 0. The van der Waals surface area contributed by atoms with Crippen LogP contribution in [0.5, 0.6) is 0 Å². The van der Waals surface area contributed by atoms with Gasteiger partial charge in [0, 0.05) is 21.5 Å². The summed E-state index contributed by atoms with van der Waals surface area (Å²) >= 11 is 0. The van der Waals surface area contributed by atoms with Crippen LogP contribution in [0.4, 0.5) is 0 Å². The summed E-state index contributed by atoms with van der Waals surface area (Å²) < 4.78 is 17.4. The van der Waals surface area contributed by atoms with Gasteiger partial charge in [0.1, 0.15) is 0 Å². The average molecular weight is 839 g/mol. The minimum atomic E-state index is -3.62. The summed E-state index contributed by atoms with van der Waals surface area (Å²) in [5.41, 5.74) is 2.16. The van der Waals surface area contributed by atoms with E-state index in [1.165, 1.54) is 37.5 Å². The smallest absolute Gasteiger partial charge is 0.171 e. The first-order chi connectivity index (χ1) is 31.1. The summed E-state index contributed by atoms with van der Waals surface area (Å²) in [5.74, 6) is 0. The average Bonchev–Trinajstić information content (AvgIpc) is 3.35. The van der Waals surface area contributed by atoms with Crippen LogP contribution in [0.25, 0.3) is 75.8 Å². The first kappa shape index (κ1) is 37.6. The summed E-state index contributed by atoms with van der Waals surface area (Å²) in [5, 5.41) is 20.0. The zero-order chi connectivity index (χ0) is 41.9. The quantitative estimate of drug-likeness (QED) is 0.146. The van der Waals surface area contributed by atoms with Crippen molar-refractivity contribution < 1.29 is 4.57 Å². The van der Waals surface area contributed by atoms with E-state index in [1.807, 2.05) is 0 Å². The maximum Gasteiger partial charge on any atom is 0.171 e. The molecule has 0 aromatic heterocycles. The van der Waals surface area contributed by atoms with Gasteiger partial charge in [-0.1, -0.05) is 212 Å². The molecule has 63 heavy (non-hydrogen) atoms. The number of hydrogen-bond donors (Lipinski definition) is 0. The topological polar surface area (TPSA) is 17.1 Å². The van der Waals surface area contributed by atoms with Crippen molar-refractivity contribution in [1.82, 2.24) is 0 Å². The third-order valence-corrected chi connectivity index (χ3v) is 18.3. The van der Waals surface area contributed by atoms with E-state index < -0.39 is 15.1 Å². The molecule has 0 saturated heterocycles. The molecule has 0 aliphatic heterocycles. The SMILES string of the molecule is O=P(c1ccc2ccccc2c1)(c1ccc2ccccc2c1)c1ccc2ccccc2c1-c1c(P(c2ccc3ccccc3c2)c2ccc3ccccc3c2)ccc2ccccc12. The third-order valence-electron chi connectivity index (χ3n) is 12.8. The van der Waals surface area contributed by atoms with Crippen LogP contribution in [0, 0.1) is 0 Å². The lowest BCUT2D eigenvalue weighted by atomic mass is 9.93. The van der Waals surface area contributed by atoms with E-state index in [2.05, 4.69) is 243 Å². The van der Waals surface area contributed by atoms with Gasteiger partial charge in [0.15, 0.2) is 7.14 Å². The summed E-state index contributed by atoms with van der Waals surface area (Å²) in [4.78, 5) is 0. The molecule has 296 valence electrons. The Hall–Kier alpha value is -7.14. The van der Waals surface area contributed by atoms with Crippen molar-refractivity contribution in [2.24, 2.45) is 0 Å². The van der Waals surface area contributed by atoms with Crippen LogP contribution in [0.2, 0.25) is 0 Å². The molecule has 0 fully saturated rings. The molecule has 0 N–H and O–H groups in total. The number of hydrogen-bond acceptors (Lipinski definition) is 1. The Labute approximate surface area is 368 Å². The van der Waals surface area contributed by atoms with E-state index in [9.17, 15) is 0 Å². The fraction of sp³-hybridized carbons (Fsp3) is 0. The van der Waals surface area contributed by atoms with Crippen molar-refractivity contribution in [3.05, 3.63) is 243 Å². The van der Waals surface area contributed by atoms with Crippen molar-refractivity contribution in [1.29, 1.82) is 0 Å². The van der Waals surface area contributed by atoms with Gasteiger partial charge in [-0.3, -0.25) is 0 Å². The first-order valence-corrected chi connectivity index (χ1v) is 24.6. The molecule has 0 atom stereocenters. The standard InChI is InChI=1S/C60H40OP2/c61-63(53-33-27-43-15-3-7-21-49(43)39-53,54-34-28-44-16-4-8-22-50(44)40-54)58-36-30-46-18-10-12-24-56(46)60(58)59-55-23-11-9-17-45(55)29-35-57(59)62(51-31-25-41-13-1-5-19-47(41)37-51)52-32-26-42-14-2-6-20-48(42)38-52/h1-40H. The Morgan fingerprint density at radius 3 is 1.11 bits per heavy atom. The summed E-state index contributed by atoms with van der Waals surface area (Å²) in [6, 6.07) is 87.4. The Morgan fingerprint density at radius 2 is 0.635 bits per heavy atom. The van der Waals surface area contributed by atoms with Crippen LogP contribution in [0.3, 0.4) is 0 Å². The molecule has 0 spiro atoms. The summed E-state index contributed by atoms with van der Waals surface area (Å²) in [6.07, 6.45) is 0. The van der Waals surface area contributed by atoms with Crippen LogP contribution >= 0.6 is 15.1 Å². The van der Waals surface area contributed by atoms with E-state index in [-0.39, 0.29) is 0 Å². The van der Waals surface area contributed by atoms with Gasteiger partial charge in [-0.15, -0.1) is 0 Å². The van der Waals surface area contributed by atoms with Gasteiger partial charge < -0.3 is 4.57 Å². The maximum atomic E-state index is 17.4. The fourth-order valence-electron chi connectivity index (χ4n) is 9.73. The van der Waals surface area contributed by atoms with Gasteiger partial charge in [-0.2, -0.15) is 0 Å². The van der Waals surface area contributed by atoms with Crippen molar-refractivity contribution in [2.75, 3.05) is 0 Å². The minimum Gasteiger partial charge on any atom is -0.309 e. The monoisotopic (exact) mass is 838 g/mol. The first-order valence-electron chi connectivity index (χ1n) is 21.5. The van der Waals surface area contributed by atoms with Gasteiger partial charge in [-0.05, 0) is 124 Å².